The highest BCUT2D eigenvalue weighted by atomic mass is 32.1. The number of hydrogen-bond donors (Lipinski definition) is 1. The first kappa shape index (κ1) is 14.6. The van der Waals surface area contributed by atoms with Gasteiger partial charge in [-0.1, -0.05) is 12.1 Å². The van der Waals surface area contributed by atoms with Crippen LogP contribution in [0.2, 0.25) is 0 Å². The molecule has 2 heterocycles. The molecule has 0 aliphatic carbocycles. The first-order valence-corrected chi connectivity index (χ1v) is 7.84. The van der Waals surface area contributed by atoms with Crippen molar-refractivity contribution in [3.63, 3.8) is 0 Å². The molecule has 1 N–H and O–H groups in total. The van der Waals surface area contributed by atoms with E-state index in [1.165, 1.54) is 18.2 Å². The number of thiazole rings is 1. The lowest BCUT2D eigenvalue weighted by atomic mass is 10.2. The fourth-order valence-corrected chi connectivity index (χ4v) is 3.00. The molecule has 2 amide bonds. The molecule has 1 fully saturated rings. The van der Waals surface area contributed by atoms with E-state index in [9.17, 15) is 14.0 Å². The minimum atomic E-state index is -0.593. The number of aromatic nitrogens is 1. The van der Waals surface area contributed by atoms with Crippen molar-refractivity contribution in [3.8, 4) is 0 Å². The molecule has 1 saturated heterocycles. The fourth-order valence-electron chi connectivity index (χ4n) is 2.32. The molecule has 2 aromatic rings. The molecule has 1 aliphatic heterocycles. The van der Waals surface area contributed by atoms with Crippen LogP contribution < -0.4 is 5.32 Å². The van der Waals surface area contributed by atoms with Crippen LogP contribution in [0.1, 0.15) is 33.7 Å². The molecule has 22 heavy (non-hydrogen) atoms. The number of likely N-dealkylation sites (tertiary alicyclic amines) is 1. The van der Waals surface area contributed by atoms with E-state index < -0.39 is 11.7 Å². The molecule has 7 heteroatoms. The molecule has 0 saturated carbocycles. The Morgan fingerprint density at radius 1 is 1.23 bits per heavy atom. The smallest absolute Gasteiger partial charge is 0.273 e. The fraction of sp³-hybridized carbons (Fsp3) is 0.267. The number of nitrogens with one attached hydrogen (secondary N) is 1. The van der Waals surface area contributed by atoms with Crippen molar-refractivity contribution in [2.45, 2.75) is 12.8 Å². The SMILES string of the molecule is O=C(Nc1nc(C(=O)N2CCCC2)cs1)c1ccccc1F. The number of halogens is 1. The third kappa shape index (κ3) is 2.99. The molecule has 1 aliphatic rings. The second-order valence-corrected chi connectivity index (χ2v) is 5.83. The van der Waals surface area contributed by atoms with Gasteiger partial charge >= 0.3 is 0 Å². The minimum absolute atomic E-state index is 0.0508. The van der Waals surface area contributed by atoms with Crippen molar-refractivity contribution in [1.29, 1.82) is 0 Å². The van der Waals surface area contributed by atoms with E-state index in [1.807, 2.05) is 0 Å². The highest BCUT2D eigenvalue weighted by molar-refractivity contribution is 7.14. The summed E-state index contributed by atoms with van der Waals surface area (Å²) in [5, 5.41) is 4.42. The Morgan fingerprint density at radius 3 is 2.68 bits per heavy atom. The van der Waals surface area contributed by atoms with Crippen molar-refractivity contribution >= 4 is 28.3 Å². The van der Waals surface area contributed by atoms with E-state index in [2.05, 4.69) is 10.3 Å². The summed E-state index contributed by atoms with van der Waals surface area (Å²) in [5.41, 5.74) is 0.265. The number of anilines is 1. The van der Waals surface area contributed by atoms with Gasteiger partial charge in [-0.25, -0.2) is 9.37 Å². The normalized spacial score (nSPS) is 14.1. The summed E-state index contributed by atoms with van der Waals surface area (Å²) in [6, 6.07) is 5.72. The Morgan fingerprint density at radius 2 is 1.95 bits per heavy atom. The molecular formula is C15H14FN3O2S. The van der Waals surface area contributed by atoms with E-state index in [0.29, 0.717) is 5.69 Å². The monoisotopic (exact) mass is 319 g/mol. The van der Waals surface area contributed by atoms with Gasteiger partial charge in [-0.2, -0.15) is 0 Å². The van der Waals surface area contributed by atoms with Crippen molar-refractivity contribution in [1.82, 2.24) is 9.88 Å². The average Bonchev–Trinajstić information content (AvgIpc) is 3.18. The number of carbonyl (C=O) groups is 2. The number of carbonyl (C=O) groups excluding carboxylic acids is 2. The lowest BCUT2D eigenvalue weighted by Gasteiger charge is -2.12. The number of nitrogens with zero attached hydrogens (tertiary/aromatic N) is 2. The van der Waals surface area contributed by atoms with E-state index in [-0.39, 0.29) is 16.6 Å². The Kier molecular flexibility index (Phi) is 4.15. The van der Waals surface area contributed by atoms with Gasteiger partial charge < -0.3 is 4.90 Å². The van der Waals surface area contributed by atoms with E-state index in [0.717, 1.165) is 37.3 Å². The first-order chi connectivity index (χ1) is 10.6. The summed E-state index contributed by atoms with van der Waals surface area (Å²) in [4.78, 5) is 30.0. The number of hydrogen-bond acceptors (Lipinski definition) is 4. The summed E-state index contributed by atoms with van der Waals surface area (Å²) >= 11 is 1.15. The van der Waals surface area contributed by atoms with Crippen molar-refractivity contribution in [3.05, 3.63) is 46.7 Å². The Labute approximate surface area is 130 Å². The third-order valence-electron chi connectivity index (χ3n) is 3.46. The van der Waals surface area contributed by atoms with Crippen LogP contribution in [0.3, 0.4) is 0 Å². The van der Waals surface area contributed by atoms with E-state index in [4.69, 9.17) is 0 Å². The molecule has 1 aromatic carbocycles. The molecule has 0 radical (unpaired) electrons. The van der Waals surface area contributed by atoms with Crippen LogP contribution >= 0.6 is 11.3 Å². The second-order valence-electron chi connectivity index (χ2n) is 4.97. The number of benzene rings is 1. The predicted octanol–water partition coefficient (Wildman–Crippen LogP) is 2.77. The van der Waals surface area contributed by atoms with E-state index in [1.54, 1.807) is 16.3 Å². The standard InChI is InChI=1S/C15H14FN3O2S/c16-11-6-2-1-5-10(11)13(20)18-15-17-12(9-22-15)14(21)19-7-3-4-8-19/h1-2,5-6,9H,3-4,7-8H2,(H,17,18,20). The summed E-state index contributed by atoms with van der Waals surface area (Å²) in [6.07, 6.45) is 2.01. The zero-order chi connectivity index (χ0) is 15.5. The van der Waals surface area contributed by atoms with Crippen LogP contribution in [0.25, 0.3) is 0 Å². The maximum absolute atomic E-state index is 13.5. The summed E-state index contributed by atoms with van der Waals surface area (Å²) in [7, 11) is 0. The summed E-state index contributed by atoms with van der Waals surface area (Å²) < 4.78 is 13.5. The van der Waals surface area contributed by atoms with Crippen LogP contribution in [-0.4, -0.2) is 34.8 Å². The largest absolute Gasteiger partial charge is 0.337 e. The van der Waals surface area contributed by atoms with Crippen molar-refractivity contribution in [2.24, 2.45) is 0 Å². The zero-order valence-corrected chi connectivity index (χ0v) is 12.5. The number of amides is 2. The molecule has 0 atom stereocenters. The molecule has 5 nitrogen and oxygen atoms in total. The summed E-state index contributed by atoms with van der Waals surface area (Å²) in [6.45, 7) is 1.49. The van der Waals surface area contributed by atoms with Gasteiger partial charge in [-0.3, -0.25) is 14.9 Å². The van der Waals surface area contributed by atoms with Crippen molar-refractivity contribution in [2.75, 3.05) is 18.4 Å². The van der Waals surface area contributed by atoms with Gasteiger partial charge in [0, 0.05) is 18.5 Å². The van der Waals surface area contributed by atoms with Gasteiger partial charge in [-0.15, -0.1) is 11.3 Å². The number of rotatable bonds is 3. The molecule has 1 aromatic heterocycles. The van der Waals surface area contributed by atoms with Crippen LogP contribution in [0, 0.1) is 5.82 Å². The Bertz CT molecular complexity index is 710. The minimum Gasteiger partial charge on any atom is -0.337 e. The predicted molar refractivity (Wildman–Crippen MR) is 81.6 cm³/mol. The van der Waals surface area contributed by atoms with Gasteiger partial charge in [0.05, 0.1) is 5.56 Å². The van der Waals surface area contributed by atoms with Crippen LogP contribution in [0.4, 0.5) is 9.52 Å². The van der Waals surface area contributed by atoms with Gasteiger partial charge in [0.1, 0.15) is 11.5 Å². The van der Waals surface area contributed by atoms with Crippen LogP contribution in [-0.2, 0) is 0 Å². The summed E-state index contributed by atoms with van der Waals surface area (Å²) in [5.74, 6) is -1.29. The lowest BCUT2D eigenvalue weighted by Crippen LogP contribution is -2.27. The highest BCUT2D eigenvalue weighted by Gasteiger charge is 2.22. The third-order valence-corrected chi connectivity index (χ3v) is 4.21. The molecule has 3 rings (SSSR count). The maximum atomic E-state index is 13.5. The zero-order valence-electron chi connectivity index (χ0n) is 11.7. The van der Waals surface area contributed by atoms with Crippen LogP contribution in [0.5, 0.6) is 0 Å². The van der Waals surface area contributed by atoms with Gasteiger partial charge in [0.2, 0.25) is 0 Å². The Hall–Kier alpha value is -2.28. The van der Waals surface area contributed by atoms with Crippen molar-refractivity contribution < 1.29 is 14.0 Å². The first-order valence-electron chi connectivity index (χ1n) is 6.96. The lowest BCUT2D eigenvalue weighted by molar-refractivity contribution is 0.0787. The van der Waals surface area contributed by atoms with Gasteiger partial charge in [-0.05, 0) is 25.0 Å². The Balaban J connectivity index is 1.70. The van der Waals surface area contributed by atoms with E-state index >= 15 is 0 Å². The maximum Gasteiger partial charge on any atom is 0.273 e. The van der Waals surface area contributed by atoms with Gasteiger partial charge in [0.25, 0.3) is 11.8 Å². The second kappa shape index (κ2) is 6.23. The molecule has 114 valence electrons. The van der Waals surface area contributed by atoms with Gasteiger partial charge in [0.15, 0.2) is 5.13 Å². The molecule has 0 unspecified atom stereocenters. The topological polar surface area (TPSA) is 62.3 Å². The molecule has 0 bridgehead atoms. The molecule has 0 spiro atoms. The quantitative estimate of drug-likeness (QED) is 0.946. The van der Waals surface area contributed by atoms with Crippen LogP contribution in [0.15, 0.2) is 29.6 Å². The molecular weight excluding hydrogens is 305 g/mol. The average molecular weight is 319 g/mol. The highest BCUT2D eigenvalue weighted by Crippen LogP contribution is 2.20.